The van der Waals surface area contributed by atoms with E-state index in [2.05, 4.69) is 31.7 Å². The Hall–Kier alpha value is 0.0900. The van der Waals surface area contributed by atoms with Gasteiger partial charge in [0.25, 0.3) is 0 Å². The summed E-state index contributed by atoms with van der Waals surface area (Å²) in [6.45, 7) is 2.15. The molecule has 2 aliphatic carbocycles. The molecular formula is C15H26S. The molecule has 0 bridgehead atoms. The minimum Gasteiger partial charge on any atom is -0.176 e. The van der Waals surface area contributed by atoms with Crippen LogP contribution in [0.15, 0.2) is 12.2 Å². The number of allylic oxidation sites excluding steroid dienone is 2. The van der Waals surface area contributed by atoms with Gasteiger partial charge in [0.15, 0.2) is 0 Å². The largest absolute Gasteiger partial charge is 0.176 e. The van der Waals surface area contributed by atoms with Gasteiger partial charge in [0, 0.05) is 5.25 Å². The average molecular weight is 238 g/mol. The Bertz CT molecular complexity index is 218. The second-order valence-electron chi connectivity index (χ2n) is 5.77. The van der Waals surface area contributed by atoms with E-state index in [4.69, 9.17) is 0 Å². The summed E-state index contributed by atoms with van der Waals surface area (Å²) in [5, 5.41) is 0.704. The zero-order chi connectivity index (χ0) is 11.4. The van der Waals surface area contributed by atoms with Gasteiger partial charge in [-0.2, -0.15) is 12.6 Å². The summed E-state index contributed by atoms with van der Waals surface area (Å²) in [5.74, 6) is 2.97. The molecule has 0 aromatic rings. The van der Waals surface area contributed by atoms with Crippen LogP contribution in [0.1, 0.15) is 58.3 Å². The molecule has 0 heterocycles. The molecule has 0 aromatic heterocycles. The smallest absolute Gasteiger partial charge is 0.00170 e. The van der Waals surface area contributed by atoms with Gasteiger partial charge in [0.1, 0.15) is 0 Å². The molecule has 0 unspecified atom stereocenters. The van der Waals surface area contributed by atoms with Crippen LogP contribution in [0.4, 0.5) is 0 Å². The summed E-state index contributed by atoms with van der Waals surface area (Å²) >= 11 is 4.60. The SMILES string of the molecule is C/C=C/C1CCC(C2CCC(S)CC2)CC1. The van der Waals surface area contributed by atoms with Gasteiger partial charge in [-0.25, -0.2) is 0 Å². The fourth-order valence-electron chi connectivity index (χ4n) is 3.65. The van der Waals surface area contributed by atoms with Crippen molar-refractivity contribution >= 4 is 12.6 Å². The Morgan fingerprint density at radius 3 is 1.81 bits per heavy atom. The molecule has 92 valence electrons. The van der Waals surface area contributed by atoms with Crippen LogP contribution in [-0.2, 0) is 0 Å². The van der Waals surface area contributed by atoms with Crippen LogP contribution in [0.25, 0.3) is 0 Å². The maximum atomic E-state index is 4.60. The van der Waals surface area contributed by atoms with Crippen molar-refractivity contribution in [3.05, 3.63) is 12.2 Å². The highest BCUT2D eigenvalue weighted by Crippen LogP contribution is 2.40. The quantitative estimate of drug-likeness (QED) is 0.515. The van der Waals surface area contributed by atoms with Crippen LogP contribution in [0.3, 0.4) is 0 Å². The van der Waals surface area contributed by atoms with Crippen LogP contribution in [-0.4, -0.2) is 5.25 Å². The lowest BCUT2D eigenvalue weighted by molar-refractivity contribution is 0.182. The lowest BCUT2D eigenvalue weighted by atomic mass is 9.71. The van der Waals surface area contributed by atoms with Crippen LogP contribution in [0.2, 0.25) is 0 Å². The van der Waals surface area contributed by atoms with Crippen LogP contribution >= 0.6 is 12.6 Å². The van der Waals surface area contributed by atoms with Crippen molar-refractivity contribution in [2.45, 2.75) is 63.5 Å². The van der Waals surface area contributed by atoms with Crippen LogP contribution < -0.4 is 0 Å². The monoisotopic (exact) mass is 238 g/mol. The molecule has 0 nitrogen and oxygen atoms in total. The van der Waals surface area contributed by atoms with Gasteiger partial charge in [0.05, 0.1) is 0 Å². The summed E-state index contributed by atoms with van der Waals surface area (Å²) in [7, 11) is 0. The minimum atomic E-state index is 0.704. The predicted octanol–water partition coefficient (Wildman–Crippen LogP) is 4.86. The third-order valence-electron chi connectivity index (χ3n) is 4.69. The first-order valence-corrected chi connectivity index (χ1v) is 7.62. The molecule has 0 radical (unpaired) electrons. The van der Waals surface area contributed by atoms with Crippen molar-refractivity contribution in [3.8, 4) is 0 Å². The number of hydrogen-bond donors (Lipinski definition) is 1. The molecule has 0 atom stereocenters. The zero-order valence-electron chi connectivity index (χ0n) is 10.6. The van der Waals surface area contributed by atoms with E-state index in [-0.39, 0.29) is 0 Å². The molecular weight excluding hydrogens is 212 g/mol. The molecule has 2 saturated carbocycles. The Kier molecular flexibility index (Phi) is 4.81. The van der Waals surface area contributed by atoms with Gasteiger partial charge in [-0.05, 0) is 76.0 Å². The van der Waals surface area contributed by atoms with Crippen molar-refractivity contribution in [2.75, 3.05) is 0 Å². The highest BCUT2D eigenvalue weighted by atomic mass is 32.1. The molecule has 0 amide bonds. The van der Waals surface area contributed by atoms with Gasteiger partial charge in [-0.15, -0.1) is 0 Å². The third-order valence-corrected chi connectivity index (χ3v) is 5.21. The molecule has 0 spiro atoms. The molecule has 2 aliphatic rings. The van der Waals surface area contributed by atoms with E-state index in [9.17, 15) is 0 Å². The fourth-order valence-corrected chi connectivity index (χ4v) is 3.95. The molecule has 2 fully saturated rings. The highest BCUT2D eigenvalue weighted by Gasteiger charge is 2.29. The van der Waals surface area contributed by atoms with E-state index < -0.39 is 0 Å². The summed E-state index contributed by atoms with van der Waals surface area (Å²) in [4.78, 5) is 0. The van der Waals surface area contributed by atoms with E-state index >= 15 is 0 Å². The summed E-state index contributed by atoms with van der Waals surface area (Å²) in [6, 6.07) is 0. The molecule has 0 saturated heterocycles. The summed E-state index contributed by atoms with van der Waals surface area (Å²) in [6.07, 6.45) is 16.1. The van der Waals surface area contributed by atoms with E-state index in [0.717, 1.165) is 17.8 Å². The third kappa shape index (κ3) is 3.29. The Balaban J connectivity index is 1.76. The lowest BCUT2D eigenvalue weighted by Gasteiger charge is -2.36. The highest BCUT2D eigenvalue weighted by molar-refractivity contribution is 7.80. The van der Waals surface area contributed by atoms with Gasteiger partial charge in [-0.1, -0.05) is 12.2 Å². The van der Waals surface area contributed by atoms with Gasteiger partial charge < -0.3 is 0 Å². The Labute approximate surface area is 106 Å². The van der Waals surface area contributed by atoms with Gasteiger partial charge >= 0.3 is 0 Å². The molecule has 0 aliphatic heterocycles. The van der Waals surface area contributed by atoms with E-state index in [1.807, 2.05) is 0 Å². The molecule has 16 heavy (non-hydrogen) atoms. The molecule has 1 heteroatoms. The number of hydrogen-bond acceptors (Lipinski definition) is 1. The van der Waals surface area contributed by atoms with E-state index in [0.29, 0.717) is 5.25 Å². The first-order chi connectivity index (χ1) is 7.79. The van der Waals surface area contributed by atoms with Crippen molar-refractivity contribution < 1.29 is 0 Å². The van der Waals surface area contributed by atoms with E-state index in [1.54, 1.807) is 0 Å². The second-order valence-corrected chi connectivity index (χ2v) is 6.50. The topological polar surface area (TPSA) is 0 Å². The second kappa shape index (κ2) is 6.14. The molecule has 2 rings (SSSR count). The van der Waals surface area contributed by atoms with Crippen molar-refractivity contribution in [2.24, 2.45) is 17.8 Å². The van der Waals surface area contributed by atoms with Crippen LogP contribution in [0.5, 0.6) is 0 Å². The number of thiol groups is 1. The first kappa shape index (κ1) is 12.5. The fraction of sp³-hybridized carbons (Fsp3) is 0.867. The van der Waals surface area contributed by atoms with Gasteiger partial charge in [0.2, 0.25) is 0 Å². The summed E-state index contributed by atoms with van der Waals surface area (Å²) < 4.78 is 0. The minimum absolute atomic E-state index is 0.704. The standard InChI is InChI=1S/C15H26S/c1-2-3-12-4-6-13(7-5-12)14-8-10-15(16)11-9-14/h2-3,12-16H,4-11H2,1H3/b3-2+. The lowest BCUT2D eigenvalue weighted by Crippen LogP contribution is -2.25. The zero-order valence-corrected chi connectivity index (χ0v) is 11.5. The maximum Gasteiger partial charge on any atom is 0.00170 e. The predicted molar refractivity (Wildman–Crippen MR) is 75.0 cm³/mol. The normalized spacial score (nSPS) is 41.4. The molecule has 0 aromatic carbocycles. The van der Waals surface area contributed by atoms with Crippen molar-refractivity contribution in [1.82, 2.24) is 0 Å². The van der Waals surface area contributed by atoms with E-state index in [1.165, 1.54) is 51.4 Å². The van der Waals surface area contributed by atoms with Crippen molar-refractivity contribution in [1.29, 1.82) is 0 Å². The Morgan fingerprint density at radius 2 is 1.31 bits per heavy atom. The number of rotatable bonds is 2. The first-order valence-electron chi connectivity index (χ1n) is 7.10. The van der Waals surface area contributed by atoms with Crippen molar-refractivity contribution in [3.63, 3.8) is 0 Å². The summed E-state index contributed by atoms with van der Waals surface area (Å²) in [5.41, 5.74) is 0. The maximum absolute atomic E-state index is 4.60. The molecule has 0 N–H and O–H groups in total. The Morgan fingerprint density at radius 1 is 0.812 bits per heavy atom. The van der Waals surface area contributed by atoms with Crippen LogP contribution in [0, 0.1) is 17.8 Å². The average Bonchev–Trinajstić information content (AvgIpc) is 2.32. The van der Waals surface area contributed by atoms with Gasteiger partial charge in [-0.3, -0.25) is 0 Å².